The van der Waals surface area contributed by atoms with E-state index >= 15 is 0 Å². The van der Waals surface area contributed by atoms with Crippen LogP contribution in [0, 0.1) is 0 Å². The molecule has 0 unspecified atom stereocenters. The second-order valence-corrected chi connectivity index (χ2v) is 3.56. The molecule has 1 aromatic carbocycles. The zero-order valence-corrected chi connectivity index (χ0v) is 10.0. The first kappa shape index (κ1) is 13.1. The van der Waals surface area contributed by atoms with Gasteiger partial charge in [0.25, 0.3) is 5.91 Å². The normalized spacial score (nSPS) is 9.71. The van der Waals surface area contributed by atoms with Crippen molar-refractivity contribution in [2.45, 2.75) is 13.3 Å². The lowest BCUT2D eigenvalue weighted by Crippen LogP contribution is -2.24. The molecule has 4 heteroatoms. The topological polar surface area (TPSA) is 64.4 Å². The molecular weight excluding hydrogens is 216 g/mol. The minimum Gasteiger partial charge on any atom is -0.494 e. The van der Waals surface area contributed by atoms with Gasteiger partial charge >= 0.3 is 0 Å². The zero-order valence-electron chi connectivity index (χ0n) is 10.0. The van der Waals surface area contributed by atoms with Crippen molar-refractivity contribution in [2.75, 3.05) is 18.9 Å². The van der Waals surface area contributed by atoms with Crippen LogP contribution in [-0.2, 0) is 0 Å². The van der Waals surface area contributed by atoms with Gasteiger partial charge in [0, 0.05) is 23.9 Å². The average molecular weight is 234 g/mol. The van der Waals surface area contributed by atoms with Crippen molar-refractivity contribution in [3.8, 4) is 5.75 Å². The van der Waals surface area contributed by atoms with Gasteiger partial charge in [-0.2, -0.15) is 0 Å². The summed E-state index contributed by atoms with van der Waals surface area (Å²) in [6, 6.07) is 5.01. The molecule has 0 saturated heterocycles. The Morgan fingerprint density at radius 1 is 1.53 bits per heavy atom. The minimum atomic E-state index is -0.153. The first-order chi connectivity index (χ1) is 8.17. The SMILES string of the molecule is C=CCCNC(=O)c1cc(N)cc(OCC)c1. The Kier molecular flexibility index (Phi) is 5.07. The molecule has 1 rings (SSSR count). The molecule has 0 heterocycles. The molecule has 4 nitrogen and oxygen atoms in total. The highest BCUT2D eigenvalue weighted by Gasteiger charge is 2.07. The zero-order chi connectivity index (χ0) is 12.7. The van der Waals surface area contributed by atoms with Crippen molar-refractivity contribution in [1.29, 1.82) is 0 Å². The number of hydrogen-bond donors (Lipinski definition) is 2. The number of amides is 1. The van der Waals surface area contributed by atoms with E-state index in [0.717, 1.165) is 6.42 Å². The average Bonchev–Trinajstić information content (AvgIpc) is 2.29. The van der Waals surface area contributed by atoms with Gasteiger partial charge in [-0.15, -0.1) is 6.58 Å². The summed E-state index contributed by atoms with van der Waals surface area (Å²) < 4.78 is 5.33. The van der Waals surface area contributed by atoms with E-state index in [1.807, 2.05) is 6.92 Å². The fourth-order valence-corrected chi connectivity index (χ4v) is 1.39. The van der Waals surface area contributed by atoms with E-state index in [0.29, 0.717) is 30.2 Å². The fourth-order valence-electron chi connectivity index (χ4n) is 1.39. The van der Waals surface area contributed by atoms with Crippen molar-refractivity contribution >= 4 is 11.6 Å². The molecule has 1 aromatic rings. The molecule has 0 saturated carbocycles. The molecule has 17 heavy (non-hydrogen) atoms. The van der Waals surface area contributed by atoms with Crippen molar-refractivity contribution < 1.29 is 9.53 Å². The molecule has 92 valence electrons. The van der Waals surface area contributed by atoms with E-state index in [1.54, 1.807) is 24.3 Å². The maximum atomic E-state index is 11.8. The van der Waals surface area contributed by atoms with Gasteiger partial charge < -0.3 is 15.8 Å². The monoisotopic (exact) mass is 234 g/mol. The van der Waals surface area contributed by atoms with E-state index in [-0.39, 0.29) is 5.91 Å². The molecule has 0 spiro atoms. The van der Waals surface area contributed by atoms with E-state index in [1.165, 1.54) is 0 Å². The number of hydrogen-bond acceptors (Lipinski definition) is 3. The van der Waals surface area contributed by atoms with Crippen LogP contribution in [0.25, 0.3) is 0 Å². The van der Waals surface area contributed by atoms with Crippen LogP contribution < -0.4 is 15.8 Å². The third-order valence-corrected chi connectivity index (χ3v) is 2.14. The number of rotatable bonds is 6. The predicted molar refractivity (Wildman–Crippen MR) is 69.2 cm³/mol. The Morgan fingerprint density at radius 2 is 2.29 bits per heavy atom. The maximum Gasteiger partial charge on any atom is 0.251 e. The Labute approximate surface area is 101 Å². The van der Waals surface area contributed by atoms with Crippen molar-refractivity contribution in [1.82, 2.24) is 5.32 Å². The number of anilines is 1. The number of carbonyl (C=O) groups is 1. The molecule has 0 fully saturated rings. The lowest BCUT2D eigenvalue weighted by molar-refractivity contribution is 0.0954. The largest absolute Gasteiger partial charge is 0.494 e. The predicted octanol–water partition coefficient (Wildman–Crippen LogP) is 1.97. The second-order valence-electron chi connectivity index (χ2n) is 3.56. The third-order valence-electron chi connectivity index (χ3n) is 2.14. The standard InChI is InChI=1S/C13H18N2O2/c1-3-5-6-15-13(16)10-7-11(14)9-12(8-10)17-4-2/h3,7-9H,1,4-6,14H2,2H3,(H,15,16). The number of carbonyl (C=O) groups excluding carboxylic acids is 1. The number of nitrogen functional groups attached to an aromatic ring is 1. The van der Waals surface area contributed by atoms with E-state index < -0.39 is 0 Å². The first-order valence-electron chi connectivity index (χ1n) is 5.59. The highest BCUT2D eigenvalue weighted by atomic mass is 16.5. The number of ether oxygens (including phenoxy) is 1. The van der Waals surface area contributed by atoms with Crippen LogP contribution in [0.3, 0.4) is 0 Å². The van der Waals surface area contributed by atoms with Gasteiger partial charge in [-0.25, -0.2) is 0 Å². The van der Waals surface area contributed by atoms with Crippen LogP contribution in [0.15, 0.2) is 30.9 Å². The van der Waals surface area contributed by atoms with Crippen molar-refractivity contribution in [3.05, 3.63) is 36.4 Å². The lowest BCUT2D eigenvalue weighted by atomic mass is 10.1. The summed E-state index contributed by atoms with van der Waals surface area (Å²) in [5.74, 6) is 0.460. The van der Waals surface area contributed by atoms with Gasteiger partial charge in [0.1, 0.15) is 5.75 Å². The van der Waals surface area contributed by atoms with Gasteiger partial charge in [-0.3, -0.25) is 4.79 Å². The number of nitrogens with two attached hydrogens (primary N) is 1. The van der Waals surface area contributed by atoms with E-state index in [4.69, 9.17) is 10.5 Å². The third kappa shape index (κ3) is 4.18. The molecule has 0 bridgehead atoms. The Hall–Kier alpha value is -1.97. The molecule has 0 aliphatic carbocycles. The Bertz CT molecular complexity index is 402. The quantitative estimate of drug-likeness (QED) is 0.449. The maximum absolute atomic E-state index is 11.8. The summed E-state index contributed by atoms with van der Waals surface area (Å²) >= 11 is 0. The Morgan fingerprint density at radius 3 is 2.94 bits per heavy atom. The van der Waals surface area contributed by atoms with Gasteiger partial charge in [0.05, 0.1) is 6.61 Å². The molecule has 0 radical (unpaired) electrons. The number of benzene rings is 1. The molecule has 0 aromatic heterocycles. The van der Waals surface area contributed by atoms with E-state index in [2.05, 4.69) is 11.9 Å². The van der Waals surface area contributed by atoms with Gasteiger partial charge in [-0.1, -0.05) is 6.08 Å². The first-order valence-corrected chi connectivity index (χ1v) is 5.59. The highest BCUT2D eigenvalue weighted by molar-refractivity contribution is 5.95. The summed E-state index contributed by atoms with van der Waals surface area (Å²) in [4.78, 5) is 11.8. The minimum absolute atomic E-state index is 0.153. The van der Waals surface area contributed by atoms with Crippen LogP contribution in [0.1, 0.15) is 23.7 Å². The van der Waals surface area contributed by atoms with Crippen LogP contribution in [0.4, 0.5) is 5.69 Å². The van der Waals surface area contributed by atoms with Crippen molar-refractivity contribution in [3.63, 3.8) is 0 Å². The fraction of sp³-hybridized carbons (Fsp3) is 0.308. The Balaban J connectivity index is 2.74. The smallest absolute Gasteiger partial charge is 0.251 e. The molecule has 0 aliphatic heterocycles. The summed E-state index contributed by atoms with van der Waals surface area (Å²) in [6.07, 6.45) is 2.50. The second kappa shape index (κ2) is 6.58. The van der Waals surface area contributed by atoms with Gasteiger partial charge in [0.15, 0.2) is 0 Å². The molecule has 3 N–H and O–H groups in total. The van der Waals surface area contributed by atoms with Crippen LogP contribution in [0.5, 0.6) is 5.75 Å². The molecule has 0 aliphatic rings. The molecule has 1 amide bonds. The van der Waals surface area contributed by atoms with Crippen LogP contribution in [-0.4, -0.2) is 19.1 Å². The van der Waals surface area contributed by atoms with Gasteiger partial charge in [0.2, 0.25) is 0 Å². The van der Waals surface area contributed by atoms with Crippen LogP contribution >= 0.6 is 0 Å². The van der Waals surface area contributed by atoms with Crippen LogP contribution in [0.2, 0.25) is 0 Å². The summed E-state index contributed by atoms with van der Waals surface area (Å²) in [7, 11) is 0. The summed E-state index contributed by atoms with van der Waals surface area (Å²) in [6.45, 7) is 6.59. The molecular formula is C13H18N2O2. The van der Waals surface area contributed by atoms with E-state index in [9.17, 15) is 4.79 Å². The van der Waals surface area contributed by atoms with Crippen molar-refractivity contribution in [2.24, 2.45) is 0 Å². The summed E-state index contributed by atoms with van der Waals surface area (Å²) in [5, 5.41) is 2.78. The lowest BCUT2D eigenvalue weighted by Gasteiger charge is -2.08. The summed E-state index contributed by atoms with van der Waals surface area (Å²) in [5.41, 5.74) is 6.74. The highest BCUT2D eigenvalue weighted by Crippen LogP contribution is 2.18. The molecule has 0 atom stereocenters. The number of nitrogens with one attached hydrogen (secondary N) is 1. The van der Waals surface area contributed by atoms with Gasteiger partial charge in [-0.05, 0) is 25.5 Å².